The summed E-state index contributed by atoms with van der Waals surface area (Å²) in [5.74, 6) is 0.862. The number of sulfonamides is 1. The van der Waals surface area contributed by atoms with Crippen LogP contribution >= 0.6 is 0 Å². The third-order valence-electron chi connectivity index (χ3n) is 3.21. The smallest absolute Gasteiger partial charge is 0.235 e. The molecule has 0 aliphatic heterocycles. The van der Waals surface area contributed by atoms with Gasteiger partial charge in [-0.25, -0.2) is 8.42 Å². The Bertz CT molecular complexity index is 630. The summed E-state index contributed by atoms with van der Waals surface area (Å²) in [4.78, 5) is 11.9. The summed E-state index contributed by atoms with van der Waals surface area (Å²) in [5, 5.41) is 2.74. The van der Waals surface area contributed by atoms with E-state index in [0.717, 1.165) is 16.1 Å². The highest BCUT2D eigenvalue weighted by Crippen LogP contribution is 2.29. The van der Waals surface area contributed by atoms with Gasteiger partial charge in [-0.1, -0.05) is 0 Å². The van der Waals surface area contributed by atoms with E-state index in [9.17, 15) is 13.2 Å². The first kappa shape index (κ1) is 18.2. The molecule has 1 atom stereocenters. The van der Waals surface area contributed by atoms with Crippen molar-refractivity contribution in [2.24, 2.45) is 0 Å². The van der Waals surface area contributed by atoms with E-state index in [-0.39, 0.29) is 12.6 Å². The second-order valence-corrected chi connectivity index (χ2v) is 7.01. The van der Waals surface area contributed by atoms with Crippen molar-refractivity contribution in [3.63, 3.8) is 0 Å². The standard InChI is InChI=1S/C14H22N2O5S/c1-10(15-14(17)9-16(2)22(5,18)19)12-8-11(20-3)6-7-13(12)21-4/h6-8,10H,9H2,1-5H3,(H,15,17)/t10-/m0/s1. The van der Waals surface area contributed by atoms with Crippen LogP contribution < -0.4 is 14.8 Å². The number of carbonyl (C=O) groups is 1. The average molecular weight is 330 g/mol. The van der Waals surface area contributed by atoms with E-state index in [1.54, 1.807) is 32.2 Å². The summed E-state index contributed by atoms with van der Waals surface area (Å²) >= 11 is 0. The van der Waals surface area contributed by atoms with Gasteiger partial charge in [0.2, 0.25) is 15.9 Å². The molecule has 0 aliphatic rings. The molecule has 1 N–H and O–H groups in total. The van der Waals surface area contributed by atoms with Crippen LogP contribution in [0.4, 0.5) is 0 Å². The lowest BCUT2D eigenvalue weighted by atomic mass is 10.1. The van der Waals surface area contributed by atoms with E-state index in [0.29, 0.717) is 11.5 Å². The lowest BCUT2D eigenvalue weighted by molar-refractivity contribution is -0.121. The average Bonchev–Trinajstić information content (AvgIpc) is 2.45. The van der Waals surface area contributed by atoms with Crippen LogP contribution in [0.2, 0.25) is 0 Å². The summed E-state index contributed by atoms with van der Waals surface area (Å²) in [6, 6.07) is 4.92. The molecule has 0 saturated carbocycles. The highest BCUT2D eigenvalue weighted by atomic mass is 32.2. The number of hydrogen-bond donors (Lipinski definition) is 1. The van der Waals surface area contributed by atoms with Crippen molar-refractivity contribution in [2.45, 2.75) is 13.0 Å². The van der Waals surface area contributed by atoms with E-state index in [1.807, 2.05) is 0 Å². The van der Waals surface area contributed by atoms with Gasteiger partial charge in [0.15, 0.2) is 0 Å². The van der Waals surface area contributed by atoms with E-state index in [2.05, 4.69) is 5.32 Å². The van der Waals surface area contributed by atoms with Crippen LogP contribution in [0.1, 0.15) is 18.5 Å². The molecule has 0 fully saturated rings. The Kier molecular flexibility index (Phi) is 6.19. The molecule has 1 rings (SSSR count). The lowest BCUT2D eigenvalue weighted by Crippen LogP contribution is -2.38. The van der Waals surface area contributed by atoms with Crippen LogP contribution in [-0.4, -0.2) is 52.7 Å². The zero-order valence-electron chi connectivity index (χ0n) is 13.4. The Balaban J connectivity index is 2.84. The number of nitrogens with zero attached hydrogens (tertiary/aromatic N) is 1. The monoisotopic (exact) mass is 330 g/mol. The van der Waals surface area contributed by atoms with Crippen molar-refractivity contribution in [2.75, 3.05) is 34.1 Å². The molecule has 0 bridgehead atoms. The molecule has 0 heterocycles. The topological polar surface area (TPSA) is 84.9 Å². The molecule has 0 aromatic heterocycles. The van der Waals surface area contributed by atoms with Crippen LogP contribution in [0.5, 0.6) is 11.5 Å². The van der Waals surface area contributed by atoms with Crippen LogP contribution in [0.15, 0.2) is 18.2 Å². The third-order valence-corrected chi connectivity index (χ3v) is 4.47. The predicted octanol–water partition coefficient (Wildman–Crippen LogP) is 0.772. The number of amides is 1. The zero-order valence-corrected chi connectivity index (χ0v) is 14.2. The minimum atomic E-state index is -3.39. The summed E-state index contributed by atoms with van der Waals surface area (Å²) in [7, 11) is 1.05. The molecule has 0 unspecified atom stereocenters. The minimum Gasteiger partial charge on any atom is -0.497 e. The van der Waals surface area contributed by atoms with Crippen molar-refractivity contribution >= 4 is 15.9 Å². The van der Waals surface area contributed by atoms with Gasteiger partial charge < -0.3 is 14.8 Å². The maximum absolute atomic E-state index is 11.9. The molecule has 0 aliphatic carbocycles. The van der Waals surface area contributed by atoms with Gasteiger partial charge in [-0.05, 0) is 25.1 Å². The second-order valence-electron chi connectivity index (χ2n) is 4.92. The fraction of sp³-hybridized carbons (Fsp3) is 0.500. The number of benzene rings is 1. The van der Waals surface area contributed by atoms with Crippen molar-refractivity contribution in [1.82, 2.24) is 9.62 Å². The number of carbonyl (C=O) groups excluding carboxylic acids is 1. The molecule has 7 nitrogen and oxygen atoms in total. The van der Waals surface area contributed by atoms with Crippen molar-refractivity contribution in [1.29, 1.82) is 0 Å². The first-order valence-electron chi connectivity index (χ1n) is 6.61. The molecule has 0 radical (unpaired) electrons. The molecule has 0 spiro atoms. The summed E-state index contributed by atoms with van der Waals surface area (Å²) in [6.45, 7) is 1.55. The Labute approximate surface area is 131 Å². The lowest BCUT2D eigenvalue weighted by Gasteiger charge is -2.20. The number of ether oxygens (including phenoxy) is 2. The van der Waals surface area contributed by atoms with Gasteiger partial charge in [0, 0.05) is 12.6 Å². The van der Waals surface area contributed by atoms with Crippen LogP contribution in [0, 0.1) is 0 Å². The molecule has 1 aromatic rings. The zero-order chi connectivity index (χ0) is 16.9. The fourth-order valence-electron chi connectivity index (χ4n) is 1.86. The summed E-state index contributed by atoms with van der Waals surface area (Å²) in [5.41, 5.74) is 0.747. The van der Waals surface area contributed by atoms with Crippen molar-refractivity contribution in [3.05, 3.63) is 23.8 Å². The van der Waals surface area contributed by atoms with Gasteiger partial charge >= 0.3 is 0 Å². The minimum absolute atomic E-state index is 0.241. The molecular weight excluding hydrogens is 308 g/mol. The highest BCUT2D eigenvalue weighted by Gasteiger charge is 2.19. The summed E-state index contributed by atoms with van der Waals surface area (Å²) in [6.07, 6.45) is 1.05. The maximum Gasteiger partial charge on any atom is 0.235 e. The Hall–Kier alpha value is -1.80. The van der Waals surface area contributed by atoms with Gasteiger partial charge in [0.25, 0.3) is 0 Å². The molecule has 1 amide bonds. The Morgan fingerprint density at radius 1 is 1.32 bits per heavy atom. The molecule has 22 heavy (non-hydrogen) atoms. The molecule has 0 saturated heterocycles. The van der Waals surface area contributed by atoms with Gasteiger partial charge in [-0.3, -0.25) is 4.79 Å². The molecule has 8 heteroatoms. The third kappa shape index (κ3) is 4.88. The number of rotatable bonds is 7. The largest absolute Gasteiger partial charge is 0.497 e. The Morgan fingerprint density at radius 3 is 2.45 bits per heavy atom. The van der Waals surface area contributed by atoms with E-state index < -0.39 is 15.9 Å². The number of likely N-dealkylation sites (N-methyl/N-ethyl adjacent to an activating group) is 1. The maximum atomic E-state index is 11.9. The van der Waals surface area contributed by atoms with E-state index >= 15 is 0 Å². The SMILES string of the molecule is COc1ccc(OC)c([C@H](C)NC(=O)CN(C)S(C)(=O)=O)c1. The highest BCUT2D eigenvalue weighted by molar-refractivity contribution is 7.88. The van der Waals surface area contributed by atoms with Crippen LogP contribution in [0.3, 0.4) is 0 Å². The van der Waals surface area contributed by atoms with Gasteiger partial charge in [0.1, 0.15) is 11.5 Å². The normalized spacial score (nSPS) is 12.8. The number of methoxy groups -OCH3 is 2. The van der Waals surface area contributed by atoms with Crippen LogP contribution in [-0.2, 0) is 14.8 Å². The number of nitrogens with one attached hydrogen (secondary N) is 1. The quantitative estimate of drug-likeness (QED) is 0.798. The molecule has 1 aromatic carbocycles. The second kappa shape index (κ2) is 7.46. The fourth-order valence-corrected chi connectivity index (χ4v) is 2.21. The van der Waals surface area contributed by atoms with Crippen molar-refractivity contribution in [3.8, 4) is 11.5 Å². The Morgan fingerprint density at radius 2 is 1.95 bits per heavy atom. The summed E-state index contributed by atoms with van der Waals surface area (Å²) < 4.78 is 34.0. The molecule has 124 valence electrons. The first-order valence-corrected chi connectivity index (χ1v) is 8.46. The van der Waals surface area contributed by atoms with E-state index in [4.69, 9.17) is 9.47 Å². The van der Waals surface area contributed by atoms with Gasteiger partial charge in [0.05, 0.1) is 33.1 Å². The van der Waals surface area contributed by atoms with Gasteiger partial charge in [-0.15, -0.1) is 0 Å². The van der Waals surface area contributed by atoms with Crippen LogP contribution in [0.25, 0.3) is 0 Å². The molecular formula is C14H22N2O5S. The number of hydrogen-bond acceptors (Lipinski definition) is 5. The van der Waals surface area contributed by atoms with E-state index in [1.165, 1.54) is 14.2 Å². The van der Waals surface area contributed by atoms with Crippen molar-refractivity contribution < 1.29 is 22.7 Å². The van der Waals surface area contributed by atoms with Gasteiger partial charge in [-0.2, -0.15) is 4.31 Å². The predicted molar refractivity (Wildman–Crippen MR) is 83.6 cm³/mol. The first-order chi connectivity index (χ1) is 10.2.